The molecule has 0 bridgehead atoms. The first-order chi connectivity index (χ1) is 12.7. The summed E-state index contributed by atoms with van der Waals surface area (Å²) in [5.74, 6) is 0.149. The summed E-state index contributed by atoms with van der Waals surface area (Å²) in [6.45, 7) is 2.45. The number of amides is 1. The summed E-state index contributed by atoms with van der Waals surface area (Å²) in [6.07, 6.45) is 5.50. The van der Waals surface area contributed by atoms with E-state index in [1.54, 1.807) is 23.2 Å². The van der Waals surface area contributed by atoms with E-state index in [0.717, 1.165) is 11.5 Å². The lowest BCUT2D eigenvalue weighted by Crippen LogP contribution is -2.49. The zero-order valence-corrected chi connectivity index (χ0v) is 14.3. The number of pyridine rings is 1. The lowest BCUT2D eigenvalue weighted by molar-refractivity contribution is 0.0742. The second kappa shape index (κ2) is 7.00. The van der Waals surface area contributed by atoms with E-state index >= 15 is 0 Å². The van der Waals surface area contributed by atoms with Gasteiger partial charge < -0.3 is 14.4 Å². The standard InChI is InChI=1S/C20H19FN4O/c21-18-7-6-16(23-9-3-4-10-23)15-17(18)20(26)25-13-11-24(12-14-25)19-5-1-2-8-22-19/h1-10,15H,11-14H2. The van der Waals surface area contributed by atoms with Crippen LogP contribution in [0.2, 0.25) is 0 Å². The molecule has 1 aromatic carbocycles. The maximum Gasteiger partial charge on any atom is 0.257 e. The summed E-state index contributed by atoms with van der Waals surface area (Å²) in [6, 6.07) is 14.2. The van der Waals surface area contributed by atoms with Crippen LogP contribution in [0.1, 0.15) is 10.4 Å². The van der Waals surface area contributed by atoms with Crippen molar-refractivity contribution in [3.8, 4) is 5.69 Å². The van der Waals surface area contributed by atoms with Gasteiger partial charge in [-0.1, -0.05) is 6.07 Å². The lowest BCUT2D eigenvalue weighted by Gasteiger charge is -2.35. The fourth-order valence-corrected chi connectivity index (χ4v) is 3.19. The highest BCUT2D eigenvalue weighted by Gasteiger charge is 2.25. The molecule has 6 heteroatoms. The minimum atomic E-state index is -0.488. The largest absolute Gasteiger partial charge is 0.353 e. The molecule has 0 radical (unpaired) electrons. The van der Waals surface area contributed by atoms with Gasteiger partial charge in [-0.25, -0.2) is 9.37 Å². The van der Waals surface area contributed by atoms with Crippen LogP contribution in [0.15, 0.2) is 67.1 Å². The zero-order valence-electron chi connectivity index (χ0n) is 14.3. The third kappa shape index (κ3) is 3.18. The van der Waals surface area contributed by atoms with Crippen LogP contribution in [-0.2, 0) is 0 Å². The fraction of sp³-hybridized carbons (Fsp3) is 0.200. The van der Waals surface area contributed by atoms with Gasteiger partial charge in [0.2, 0.25) is 0 Å². The van der Waals surface area contributed by atoms with E-state index in [2.05, 4.69) is 9.88 Å². The first-order valence-electron chi connectivity index (χ1n) is 8.60. The highest BCUT2D eigenvalue weighted by atomic mass is 19.1. The Morgan fingerprint density at radius 3 is 2.42 bits per heavy atom. The Balaban J connectivity index is 1.49. The Hall–Kier alpha value is -3.15. The second-order valence-corrected chi connectivity index (χ2v) is 6.22. The molecule has 1 amide bonds. The summed E-state index contributed by atoms with van der Waals surface area (Å²) < 4.78 is 16.1. The molecule has 1 saturated heterocycles. The first-order valence-corrected chi connectivity index (χ1v) is 8.60. The van der Waals surface area contributed by atoms with Crippen molar-refractivity contribution in [2.75, 3.05) is 31.1 Å². The predicted molar refractivity (Wildman–Crippen MR) is 98.1 cm³/mol. The fourth-order valence-electron chi connectivity index (χ4n) is 3.19. The van der Waals surface area contributed by atoms with Crippen LogP contribution in [0.25, 0.3) is 5.69 Å². The quantitative estimate of drug-likeness (QED) is 0.729. The molecule has 26 heavy (non-hydrogen) atoms. The zero-order chi connectivity index (χ0) is 17.9. The molecule has 5 nitrogen and oxygen atoms in total. The number of anilines is 1. The van der Waals surface area contributed by atoms with Crippen molar-refractivity contribution >= 4 is 11.7 Å². The molecular weight excluding hydrogens is 331 g/mol. The molecule has 1 aliphatic heterocycles. The Bertz CT molecular complexity index is 887. The average molecular weight is 350 g/mol. The number of hydrogen-bond acceptors (Lipinski definition) is 3. The van der Waals surface area contributed by atoms with Crippen LogP contribution in [0, 0.1) is 5.82 Å². The molecule has 4 rings (SSSR count). The van der Waals surface area contributed by atoms with E-state index in [1.807, 2.05) is 47.3 Å². The molecule has 0 N–H and O–H groups in total. The number of nitrogens with zero attached hydrogens (tertiary/aromatic N) is 4. The van der Waals surface area contributed by atoms with Gasteiger partial charge in [-0.2, -0.15) is 0 Å². The maximum absolute atomic E-state index is 14.3. The van der Waals surface area contributed by atoms with Gasteiger partial charge in [-0.05, 0) is 42.5 Å². The van der Waals surface area contributed by atoms with Crippen LogP contribution in [-0.4, -0.2) is 46.5 Å². The summed E-state index contributed by atoms with van der Waals surface area (Å²) in [5.41, 5.74) is 0.884. The SMILES string of the molecule is O=C(c1cc(-n2cccc2)ccc1F)N1CCN(c2ccccn2)CC1. The van der Waals surface area contributed by atoms with E-state index in [9.17, 15) is 9.18 Å². The van der Waals surface area contributed by atoms with Gasteiger partial charge in [-0.3, -0.25) is 4.79 Å². The molecule has 0 aliphatic carbocycles. The molecule has 3 aromatic rings. The minimum absolute atomic E-state index is 0.113. The van der Waals surface area contributed by atoms with Crippen molar-refractivity contribution < 1.29 is 9.18 Å². The van der Waals surface area contributed by atoms with Crippen molar-refractivity contribution in [3.63, 3.8) is 0 Å². The number of piperazine rings is 1. The smallest absolute Gasteiger partial charge is 0.257 e. The number of hydrogen-bond donors (Lipinski definition) is 0. The Labute approximate surface area is 151 Å². The summed E-state index contributed by atoms with van der Waals surface area (Å²) >= 11 is 0. The number of carbonyl (C=O) groups excluding carboxylic acids is 1. The molecule has 0 saturated carbocycles. The monoisotopic (exact) mass is 350 g/mol. The normalized spacial score (nSPS) is 14.5. The molecule has 1 fully saturated rings. The lowest BCUT2D eigenvalue weighted by atomic mass is 10.1. The molecular formula is C20H19FN4O. The molecule has 0 unspecified atom stereocenters. The van der Waals surface area contributed by atoms with E-state index in [4.69, 9.17) is 0 Å². The molecule has 1 aliphatic rings. The molecule has 0 atom stereocenters. The van der Waals surface area contributed by atoms with Gasteiger partial charge in [0.15, 0.2) is 0 Å². The van der Waals surface area contributed by atoms with Gasteiger partial charge >= 0.3 is 0 Å². The van der Waals surface area contributed by atoms with Crippen molar-refractivity contribution in [3.05, 3.63) is 78.5 Å². The molecule has 2 aromatic heterocycles. The number of halogens is 1. The van der Waals surface area contributed by atoms with Crippen molar-refractivity contribution in [2.24, 2.45) is 0 Å². The van der Waals surface area contributed by atoms with Gasteiger partial charge in [0.25, 0.3) is 5.91 Å². The number of benzene rings is 1. The summed E-state index contributed by atoms with van der Waals surface area (Å²) in [4.78, 5) is 21.0. The Kier molecular flexibility index (Phi) is 4.39. The van der Waals surface area contributed by atoms with E-state index in [0.29, 0.717) is 26.2 Å². The first kappa shape index (κ1) is 16.3. The maximum atomic E-state index is 14.3. The third-order valence-electron chi connectivity index (χ3n) is 4.62. The Morgan fingerprint density at radius 2 is 1.73 bits per heavy atom. The van der Waals surface area contributed by atoms with E-state index < -0.39 is 5.82 Å². The molecule has 132 valence electrons. The Morgan fingerprint density at radius 1 is 0.962 bits per heavy atom. The van der Waals surface area contributed by atoms with Gasteiger partial charge in [-0.15, -0.1) is 0 Å². The number of rotatable bonds is 3. The summed E-state index contributed by atoms with van der Waals surface area (Å²) in [5, 5.41) is 0. The highest BCUT2D eigenvalue weighted by molar-refractivity contribution is 5.95. The van der Waals surface area contributed by atoms with Crippen molar-refractivity contribution in [2.45, 2.75) is 0 Å². The van der Waals surface area contributed by atoms with Gasteiger partial charge in [0.1, 0.15) is 11.6 Å². The third-order valence-corrected chi connectivity index (χ3v) is 4.62. The van der Waals surface area contributed by atoms with Gasteiger partial charge in [0, 0.05) is 50.5 Å². The van der Waals surface area contributed by atoms with Crippen molar-refractivity contribution in [1.29, 1.82) is 0 Å². The van der Waals surface area contributed by atoms with Crippen LogP contribution in [0.4, 0.5) is 10.2 Å². The molecule has 0 spiro atoms. The number of aromatic nitrogens is 2. The van der Waals surface area contributed by atoms with E-state index in [-0.39, 0.29) is 11.5 Å². The van der Waals surface area contributed by atoms with Crippen LogP contribution < -0.4 is 4.90 Å². The molecule has 3 heterocycles. The van der Waals surface area contributed by atoms with Crippen LogP contribution in [0.5, 0.6) is 0 Å². The van der Waals surface area contributed by atoms with Crippen molar-refractivity contribution in [1.82, 2.24) is 14.5 Å². The highest BCUT2D eigenvalue weighted by Crippen LogP contribution is 2.19. The summed E-state index contributed by atoms with van der Waals surface area (Å²) in [7, 11) is 0. The average Bonchev–Trinajstić information content (AvgIpc) is 3.23. The predicted octanol–water partition coefficient (Wildman–Crippen LogP) is 2.97. The second-order valence-electron chi connectivity index (χ2n) is 6.22. The van der Waals surface area contributed by atoms with Crippen LogP contribution >= 0.6 is 0 Å². The number of carbonyl (C=O) groups is 1. The topological polar surface area (TPSA) is 41.4 Å². The van der Waals surface area contributed by atoms with E-state index in [1.165, 1.54) is 6.07 Å². The van der Waals surface area contributed by atoms with Gasteiger partial charge in [0.05, 0.1) is 5.56 Å². The minimum Gasteiger partial charge on any atom is -0.353 e. The van der Waals surface area contributed by atoms with Crippen LogP contribution in [0.3, 0.4) is 0 Å².